The molecule has 1 unspecified atom stereocenters. The van der Waals surface area contributed by atoms with Crippen LogP contribution in [-0.4, -0.2) is 5.91 Å². The van der Waals surface area contributed by atoms with Crippen molar-refractivity contribution in [2.75, 3.05) is 5.73 Å². The molecule has 0 saturated heterocycles. The van der Waals surface area contributed by atoms with Gasteiger partial charge in [0.1, 0.15) is 0 Å². The molecular weight excluding hydrogens is 272 g/mol. The third kappa shape index (κ3) is 3.11. The molecule has 0 aromatic heterocycles. The molecule has 0 spiro atoms. The number of nitrogens with two attached hydrogens (primary N) is 1. The zero-order valence-corrected chi connectivity index (χ0v) is 12.0. The van der Waals surface area contributed by atoms with Crippen molar-refractivity contribution in [2.24, 2.45) is 0 Å². The highest BCUT2D eigenvalue weighted by atomic mass is 35.5. The van der Waals surface area contributed by atoms with Gasteiger partial charge in [-0.05, 0) is 24.1 Å². The summed E-state index contributed by atoms with van der Waals surface area (Å²) in [7, 11) is 0. The maximum Gasteiger partial charge on any atom is 0.255 e. The van der Waals surface area contributed by atoms with Crippen LogP contribution in [0.4, 0.5) is 5.69 Å². The Kier molecular flexibility index (Phi) is 4.64. The lowest BCUT2D eigenvalue weighted by Crippen LogP contribution is -2.29. The minimum Gasteiger partial charge on any atom is -0.398 e. The number of hydrogen-bond acceptors (Lipinski definition) is 2. The topological polar surface area (TPSA) is 55.1 Å². The predicted octanol–water partition coefficient (Wildman–Crippen LogP) is 3.80. The van der Waals surface area contributed by atoms with Crippen LogP contribution in [0, 0.1) is 0 Å². The summed E-state index contributed by atoms with van der Waals surface area (Å²) in [6, 6.07) is 14.8. The van der Waals surface area contributed by atoms with Gasteiger partial charge in [-0.15, -0.1) is 0 Å². The fourth-order valence-electron chi connectivity index (χ4n) is 2.12. The molecule has 0 bridgehead atoms. The van der Waals surface area contributed by atoms with Gasteiger partial charge in [-0.25, -0.2) is 0 Å². The molecule has 3 N–H and O–H groups in total. The first-order valence-electron chi connectivity index (χ1n) is 6.53. The Balaban J connectivity index is 2.22. The minimum atomic E-state index is -0.246. The average molecular weight is 289 g/mol. The molecule has 0 radical (unpaired) electrons. The molecular formula is C16H17ClN2O. The number of nitrogen functional groups attached to an aromatic ring is 1. The van der Waals surface area contributed by atoms with E-state index in [1.54, 1.807) is 18.2 Å². The molecule has 2 rings (SSSR count). The van der Waals surface area contributed by atoms with Crippen molar-refractivity contribution in [1.82, 2.24) is 5.32 Å². The second-order valence-corrected chi connectivity index (χ2v) is 4.96. The van der Waals surface area contributed by atoms with E-state index in [0.29, 0.717) is 16.3 Å². The van der Waals surface area contributed by atoms with E-state index in [2.05, 4.69) is 5.32 Å². The highest BCUT2D eigenvalue weighted by Crippen LogP contribution is 2.24. The summed E-state index contributed by atoms with van der Waals surface area (Å²) >= 11 is 6.06. The lowest BCUT2D eigenvalue weighted by molar-refractivity contribution is 0.0936. The normalized spacial score (nSPS) is 11.9. The second-order valence-electron chi connectivity index (χ2n) is 4.55. The minimum absolute atomic E-state index is 0.0561. The van der Waals surface area contributed by atoms with Gasteiger partial charge in [0, 0.05) is 5.69 Å². The number of halogens is 1. The Labute approximate surface area is 123 Å². The van der Waals surface area contributed by atoms with Crippen LogP contribution in [0.15, 0.2) is 48.5 Å². The zero-order chi connectivity index (χ0) is 14.5. The number of hydrogen-bond donors (Lipinski definition) is 2. The number of benzene rings is 2. The summed E-state index contributed by atoms with van der Waals surface area (Å²) in [4.78, 5) is 12.4. The Morgan fingerprint density at radius 3 is 2.50 bits per heavy atom. The second kappa shape index (κ2) is 6.44. The third-order valence-electron chi connectivity index (χ3n) is 3.19. The van der Waals surface area contributed by atoms with Gasteiger partial charge in [0.25, 0.3) is 5.91 Å². The zero-order valence-electron chi connectivity index (χ0n) is 11.3. The van der Waals surface area contributed by atoms with Gasteiger partial charge in [0.2, 0.25) is 0 Å². The van der Waals surface area contributed by atoms with Crippen molar-refractivity contribution in [2.45, 2.75) is 19.4 Å². The summed E-state index contributed by atoms with van der Waals surface area (Å²) < 4.78 is 0. The number of anilines is 1. The SMILES string of the molecule is CCC(NC(=O)c1c(N)cccc1Cl)c1ccccc1. The molecule has 0 aliphatic heterocycles. The standard InChI is InChI=1S/C16H17ClN2O/c1-2-14(11-7-4-3-5-8-11)19-16(20)15-12(17)9-6-10-13(15)18/h3-10,14H,2,18H2,1H3,(H,19,20). The van der Waals surface area contributed by atoms with Gasteiger partial charge in [-0.3, -0.25) is 4.79 Å². The molecule has 0 heterocycles. The highest BCUT2D eigenvalue weighted by Gasteiger charge is 2.18. The largest absolute Gasteiger partial charge is 0.398 e. The van der Waals surface area contributed by atoms with Gasteiger partial charge in [-0.2, -0.15) is 0 Å². The summed E-state index contributed by atoms with van der Waals surface area (Å²) in [6.45, 7) is 2.02. The van der Waals surface area contributed by atoms with Crippen molar-refractivity contribution in [1.29, 1.82) is 0 Å². The van der Waals surface area contributed by atoms with Gasteiger partial charge in [-0.1, -0.05) is 54.9 Å². The van der Waals surface area contributed by atoms with Crippen molar-refractivity contribution in [3.8, 4) is 0 Å². The lowest BCUT2D eigenvalue weighted by atomic mass is 10.0. The summed E-state index contributed by atoms with van der Waals surface area (Å²) in [6.07, 6.45) is 0.792. The number of rotatable bonds is 4. The maximum atomic E-state index is 12.4. The predicted molar refractivity (Wildman–Crippen MR) is 82.8 cm³/mol. The molecule has 0 saturated carbocycles. The van der Waals surface area contributed by atoms with Crippen molar-refractivity contribution < 1.29 is 4.79 Å². The molecule has 4 heteroatoms. The lowest BCUT2D eigenvalue weighted by Gasteiger charge is -2.18. The summed E-state index contributed by atoms with van der Waals surface area (Å²) in [5.74, 6) is -0.246. The molecule has 0 aliphatic rings. The molecule has 1 atom stereocenters. The Hall–Kier alpha value is -2.00. The molecule has 2 aromatic carbocycles. The fourth-order valence-corrected chi connectivity index (χ4v) is 2.38. The number of nitrogens with one attached hydrogen (secondary N) is 1. The molecule has 1 amide bonds. The molecule has 0 fully saturated rings. The van der Waals surface area contributed by atoms with Gasteiger partial charge < -0.3 is 11.1 Å². The average Bonchev–Trinajstić information content (AvgIpc) is 2.45. The summed E-state index contributed by atoms with van der Waals surface area (Å²) in [5, 5.41) is 3.34. The van der Waals surface area contributed by atoms with Crippen molar-refractivity contribution in [3.63, 3.8) is 0 Å². The first-order chi connectivity index (χ1) is 9.63. The van der Waals surface area contributed by atoms with E-state index in [4.69, 9.17) is 17.3 Å². The molecule has 0 aliphatic carbocycles. The smallest absolute Gasteiger partial charge is 0.255 e. The number of amides is 1. The van der Waals surface area contributed by atoms with Gasteiger partial charge in [0.15, 0.2) is 0 Å². The summed E-state index contributed by atoms with van der Waals surface area (Å²) in [5.41, 5.74) is 7.62. The van der Waals surface area contributed by atoms with E-state index in [0.717, 1.165) is 12.0 Å². The van der Waals surface area contributed by atoms with Gasteiger partial charge in [0.05, 0.1) is 16.6 Å². The number of carbonyl (C=O) groups excluding carboxylic acids is 1. The van der Waals surface area contributed by atoms with Crippen LogP contribution in [0.25, 0.3) is 0 Å². The molecule has 2 aromatic rings. The van der Waals surface area contributed by atoms with Crippen LogP contribution in [0.1, 0.15) is 35.3 Å². The monoisotopic (exact) mass is 288 g/mol. The van der Waals surface area contributed by atoms with E-state index in [-0.39, 0.29) is 11.9 Å². The number of carbonyl (C=O) groups is 1. The van der Waals surface area contributed by atoms with Gasteiger partial charge >= 0.3 is 0 Å². The van der Waals surface area contributed by atoms with Crippen LogP contribution in [-0.2, 0) is 0 Å². The van der Waals surface area contributed by atoms with E-state index in [1.165, 1.54) is 0 Å². The highest BCUT2D eigenvalue weighted by molar-refractivity contribution is 6.34. The Morgan fingerprint density at radius 2 is 1.90 bits per heavy atom. The van der Waals surface area contributed by atoms with E-state index < -0.39 is 0 Å². The van der Waals surface area contributed by atoms with Crippen LogP contribution < -0.4 is 11.1 Å². The van der Waals surface area contributed by atoms with E-state index in [1.807, 2.05) is 37.3 Å². The van der Waals surface area contributed by atoms with Crippen molar-refractivity contribution >= 4 is 23.2 Å². The maximum absolute atomic E-state index is 12.4. The molecule has 104 valence electrons. The van der Waals surface area contributed by atoms with Crippen LogP contribution in [0.5, 0.6) is 0 Å². The Morgan fingerprint density at radius 1 is 1.20 bits per heavy atom. The van der Waals surface area contributed by atoms with Crippen LogP contribution >= 0.6 is 11.6 Å². The van der Waals surface area contributed by atoms with Crippen LogP contribution in [0.3, 0.4) is 0 Å². The van der Waals surface area contributed by atoms with Crippen LogP contribution in [0.2, 0.25) is 5.02 Å². The molecule has 3 nitrogen and oxygen atoms in total. The first kappa shape index (κ1) is 14.4. The van der Waals surface area contributed by atoms with E-state index in [9.17, 15) is 4.79 Å². The third-order valence-corrected chi connectivity index (χ3v) is 3.50. The van der Waals surface area contributed by atoms with Crippen molar-refractivity contribution in [3.05, 3.63) is 64.7 Å². The molecule has 20 heavy (non-hydrogen) atoms. The first-order valence-corrected chi connectivity index (χ1v) is 6.91. The quantitative estimate of drug-likeness (QED) is 0.841. The van der Waals surface area contributed by atoms with E-state index >= 15 is 0 Å². The fraction of sp³-hybridized carbons (Fsp3) is 0.188. The Bertz CT molecular complexity index is 578.